The summed E-state index contributed by atoms with van der Waals surface area (Å²) in [6.07, 6.45) is 0. The molecule has 0 N–H and O–H groups in total. The summed E-state index contributed by atoms with van der Waals surface area (Å²) in [6, 6.07) is 16.7. The second kappa shape index (κ2) is 7.51. The quantitative estimate of drug-likeness (QED) is 0.819. The lowest BCUT2D eigenvalue weighted by molar-refractivity contribution is -0.136. The molecule has 2 aromatic carbocycles. The van der Waals surface area contributed by atoms with Gasteiger partial charge < -0.3 is 14.5 Å². The maximum Gasteiger partial charge on any atom is 0.248 e. The van der Waals surface area contributed by atoms with Crippen LogP contribution in [0, 0.1) is 0 Å². The van der Waals surface area contributed by atoms with E-state index in [1.807, 2.05) is 11.0 Å². The maximum atomic E-state index is 12.0. The Balaban J connectivity index is 1.63. The molecule has 4 rings (SSSR count). The van der Waals surface area contributed by atoms with E-state index in [0.29, 0.717) is 13.1 Å². The van der Waals surface area contributed by atoms with Gasteiger partial charge in [-0.1, -0.05) is 42.1 Å². The van der Waals surface area contributed by atoms with Gasteiger partial charge in [0.2, 0.25) is 5.91 Å². The number of methoxy groups -OCH3 is 1. The van der Waals surface area contributed by atoms with Crippen LogP contribution in [-0.4, -0.2) is 61.4 Å². The average Bonchev–Trinajstić information content (AvgIpc) is 2.85. The number of piperazine rings is 1. The molecule has 2 aromatic rings. The van der Waals surface area contributed by atoms with Crippen molar-refractivity contribution >= 4 is 29.2 Å². The van der Waals surface area contributed by atoms with E-state index in [4.69, 9.17) is 9.73 Å². The predicted octanol–water partition coefficient (Wildman–Crippen LogP) is 3.02. The minimum Gasteiger partial charge on any atom is -0.375 e. The molecule has 1 amide bonds. The predicted molar refractivity (Wildman–Crippen MR) is 103 cm³/mol. The lowest BCUT2D eigenvalue weighted by atomic mass is 10.1. The van der Waals surface area contributed by atoms with Crippen LogP contribution < -0.4 is 0 Å². The molecule has 6 heteroatoms. The highest BCUT2D eigenvalue weighted by Crippen LogP contribution is 2.40. The Kier molecular flexibility index (Phi) is 4.95. The molecular weight excluding hydrogens is 346 g/mol. The van der Waals surface area contributed by atoms with Gasteiger partial charge in [0.1, 0.15) is 12.4 Å². The highest BCUT2D eigenvalue weighted by Gasteiger charge is 2.26. The van der Waals surface area contributed by atoms with Gasteiger partial charge in [-0.05, 0) is 18.2 Å². The molecule has 2 aliphatic heterocycles. The normalized spacial score (nSPS) is 16.4. The molecule has 0 aliphatic carbocycles. The second-order valence-corrected chi connectivity index (χ2v) is 7.39. The molecule has 0 unspecified atom stereocenters. The monoisotopic (exact) mass is 367 g/mol. The van der Waals surface area contributed by atoms with Crippen LogP contribution >= 0.6 is 11.8 Å². The van der Waals surface area contributed by atoms with Crippen molar-refractivity contribution in [3.63, 3.8) is 0 Å². The number of fused-ring (bicyclic) bond motifs is 2. The number of hydrogen-bond acceptors (Lipinski definition) is 5. The number of nitrogens with zero attached hydrogens (tertiary/aromatic N) is 3. The van der Waals surface area contributed by atoms with Crippen LogP contribution in [-0.2, 0) is 9.53 Å². The maximum absolute atomic E-state index is 12.0. The standard InChI is InChI=1S/C20H21N3O2S/c1-25-14-19(24)22-10-12-23(13-11-22)20-15-6-2-4-8-17(15)26-18-9-5-3-7-16(18)21-20/h2-9H,10-14H2,1H3. The SMILES string of the molecule is COCC(=O)N1CCN(C2=Nc3ccccc3Sc3ccccc32)CC1. The fourth-order valence-electron chi connectivity index (χ4n) is 3.29. The number of carbonyl (C=O) groups is 1. The van der Waals surface area contributed by atoms with Crippen molar-refractivity contribution in [1.82, 2.24) is 9.80 Å². The zero-order chi connectivity index (χ0) is 17.9. The molecule has 0 spiro atoms. The first kappa shape index (κ1) is 17.1. The number of amidine groups is 1. The van der Waals surface area contributed by atoms with Gasteiger partial charge in [-0.15, -0.1) is 0 Å². The van der Waals surface area contributed by atoms with Crippen molar-refractivity contribution in [3.8, 4) is 0 Å². The van der Waals surface area contributed by atoms with Crippen molar-refractivity contribution in [2.45, 2.75) is 9.79 Å². The third kappa shape index (κ3) is 3.34. The van der Waals surface area contributed by atoms with Gasteiger partial charge >= 0.3 is 0 Å². The summed E-state index contributed by atoms with van der Waals surface area (Å²) in [5.74, 6) is 1.05. The lowest BCUT2D eigenvalue weighted by Gasteiger charge is -2.36. The molecule has 0 bridgehead atoms. The molecule has 1 saturated heterocycles. The van der Waals surface area contributed by atoms with Crippen LogP contribution in [0.4, 0.5) is 5.69 Å². The summed E-state index contributed by atoms with van der Waals surface area (Å²) in [5, 5.41) is 0. The summed E-state index contributed by atoms with van der Waals surface area (Å²) in [7, 11) is 1.56. The van der Waals surface area contributed by atoms with E-state index in [-0.39, 0.29) is 12.5 Å². The summed E-state index contributed by atoms with van der Waals surface area (Å²) in [5.41, 5.74) is 2.16. The number of aliphatic imine (C=N–C) groups is 1. The van der Waals surface area contributed by atoms with E-state index in [9.17, 15) is 4.79 Å². The summed E-state index contributed by atoms with van der Waals surface area (Å²) in [4.78, 5) is 23.6. The highest BCUT2D eigenvalue weighted by atomic mass is 32.2. The first-order valence-corrected chi connectivity index (χ1v) is 9.54. The topological polar surface area (TPSA) is 45.1 Å². The highest BCUT2D eigenvalue weighted by molar-refractivity contribution is 7.99. The van der Waals surface area contributed by atoms with Crippen LogP contribution in [0.2, 0.25) is 0 Å². The van der Waals surface area contributed by atoms with Gasteiger partial charge in [-0.25, -0.2) is 4.99 Å². The zero-order valence-corrected chi connectivity index (χ0v) is 15.5. The molecule has 5 nitrogen and oxygen atoms in total. The van der Waals surface area contributed by atoms with Gasteiger partial charge in [-0.2, -0.15) is 0 Å². The summed E-state index contributed by atoms with van der Waals surface area (Å²) >= 11 is 1.76. The summed E-state index contributed by atoms with van der Waals surface area (Å²) < 4.78 is 4.97. The van der Waals surface area contributed by atoms with Crippen molar-refractivity contribution in [2.24, 2.45) is 4.99 Å². The molecular formula is C20H21N3O2S. The largest absolute Gasteiger partial charge is 0.375 e. The number of para-hydroxylation sites is 1. The van der Waals surface area contributed by atoms with E-state index in [1.165, 1.54) is 9.79 Å². The van der Waals surface area contributed by atoms with Crippen molar-refractivity contribution in [3.05, 3.63) is 54.1 Å². The fraction of sp³-hybridized carbons (Fsp3) is 0.300. The third-order valence-corrected chi connectivity index (χ3v) is 5.78. The number of benzene rings is 2. The smallest absolute Gasteiger partial charge is 0.248 e. The van der Waals surface area contributed by atoms with Gasteiger partial charge in [0, 0.05) is 48.6 Å². The number of amides is 1. The van der Waals surface area contributed by atoms with Crippen LogP contribution in [0.15, 0.2) is 63.3 Å². The minimum atomic E-state index is 0.0521. The Hall–Kier alpha value is -2.31. The van der Waals surface area contributed by atoms with Gasteiger partial charge in [0.25, 0.3) is 0 Å². The Morgan fingerprint density at radius 1 is 1.04 bits per heavy atom. The van der Waals surface area contributed by atoms with Crippen molar-refractivity contribution < 1.29 is 9.53 Å². The van der Waals surface area contributed by atoms with Crippen LogP contribution in [0.25, 0.3) is 0 Å². The van der Waals surface area contributed by atoms with E-state index in [1.54, 1.807) is 18.9 Å². The van der Waals surface area contributed by atoms with E-state index >= 15 is 0 Å². The minimum absolute atomic E-state index is 0.0521. The second-order valence-electron chi connectivity index (χ2n) is 6.30. The molecule has 2 aliphatic rings. The van der Waals surface area contributed by atoms with Gasteiger partial charge in [0.05, 0.1) is 5.69 Å². The number of hydrogen-bond donors (Lipinski definition) is 0. The molecule has 0 saturated carbocycles. The third-order valence-electron chi connectivity index (χ3n) is 4.64. The van der Waals surface area contributed by atoms with Crippen molar-refractivity contribution in [2.75, 3.05) is 39.9 Å². The molecule has 1 fully saturated rings. The number of rotatable bonds is 2. The Morgan fingerprint density at radius 3 is 2.50 bits per heavy atom. The van der Waals surface area contributed by atoms with E-state index in [2.05, 4.69) is 47.4 Å². The zero-order valence-electron chi connectivity index (χ0n) is 14.7. The van der Waals surface area contributed by atoms with Crippen LogP contribution in [0.5, 0.6) is 0 Å². The number of ether oxygens (including phenoxy) is 1. The van der Waals surface area contributed by atoms with Gasteiger partial charge in [-0.3, -0.25) is 4.79 Å². The number of carbonyl (C=O) groups excluding carboxylic acids is 1. The Labute approximate surface area is 157 Å². The molecule has 26 heavy (non-hydrogen) atoms. The van der Waals surface area contributed by atoms with Gasteiger partial charge in [0.15, 0.2) is 0 Å². The molecule has 2 heterocycles. The average molecular weight is 367 g/mol. The molecule has 0 aromatic heterocycles. The summed E-state index contributed by atoms with van der Waals surface area (Å²) in [6.45, 7) is 3.08. The molecule has 0 atom stereocenters. The van der Waals surface area contributed by atoms with E-state index in [0.717, 1.165) is 30.2 Å². The lowest BCUT2D eigenvalue weighted by Crippen LogP contribution is -2.51. The molecule has 0 radical (unpaired) electrons. The fourth-order valence-corrected chi connectivity index (χ4v) is 4.31. The Morgan fingerprint density at radius 2 is 1.73 bits per heavy atom. The van der Waals surface area contributed by atoms with Crippen LogP contribution in [0.1, 0.15) is 5.56 Å². The Bertz CT molecular complexity index is 844. The van der Waals surface area contributed by atoms with E-state index < -0.39 is 0 Å². The molecule has 134 valence electrons. The first-order valence-electron chi connectivity index (χ1n) is 8.73. The van der Waals surface area contributed by atoms with Crippen LogP contribution in [0.3, 0.4) is 0 Å². The first-order chi connectivity index (χ1) is 12.8. The van der Waals surface area contributed by atoms with Crippen molar-refractivity contribution in [1.29, 1.82) is 0 Å².